The largest absolute Gasteiger partial charge is 0.453 e. The first-order valence-electron chi connectivity index (χ1n) is 5.38. The Kier molecular flexibility index (Phi) is 2.41. The van der Waals surface area contributed by atoms with Crippen molar-refractivity contribution in [1.29, 1.82) is 0 Å². The number of aromatic nitrogens is 1. The fourth-order valence-electron chi connectivity index (χ4n) is 1.77. The zero-order chi connectivity index (χ0) is 12.5. The number of furan rings is 1. The molecule has 0 saturated heterocycles. The summed E-state index contributed by atoms with van der Waals surface area (Å²) >= 11 is 0. The second-order valence-corrected chi connectivity index (χ2v) is 3.86. The van der Waals surface area contributed by atoms with E-state index in [1.807, 2.05) is 0 Å². The van der Waals surface area contributed by atoms with Crippen LogP contribution in [0.5, 0.6) is 0 Å². The molecule has 0 saturated carbocycles. The van der Waals surface area contributed by atoms with E-state index in [2.05, 4.69) is 4.98 Å². The maximum absolute atomic E-state index is 13.0. The van der Waals surface area contributed by atoms with E-state index < -0.39 is 0 Å². The Balaban J connectivity index is 2.07. The van der Waals surface area contributed by atoms with Crippen molar-refractivity contribution in [2.45, 2.75) is 0 Å². The molecule has 0 N–H and O–H groups in total. The van der Waals surface area contributed by atoms with E-state index >= 15 is 0 Å². The van der Waals surface area contributed by atoms with Crippen molar-refractivity contribution in [2.24, 2.45) is 0 Å². The predicted octanol–water partition coefficient (Wildman–Crippen LogP) is 3.20. The number of carbonyl (C=O) groups is 1. The summed E-state index contributed by atoms with van der Waals surface area (Å²) in [5.74, 6) is -0.401. The van der Waals surface area contributed by atoms with Gasteiger partial charge in [-0.3, -0.25) is 9.78 Å². The van der Waals surface area contributed by atoms with Crippen LogP contribution < -0.4 is 0 Å². The highest BCUT2D eigenvalue weighted by atomic mass is 19.1. The van der Waals surface area contributed by atoms with Crippen LogP contribution in [0.2, 0.25) is 0 Å². The fourth-order valence-corrected chi connectivity index (χ4v) is 1.77. The van der Waals surface area contributed by atoms with Gasteiger partial charge in [0.15, 0.2) is 5.76 Å². The first-order chi connectivity index (χ1) is 8.74. The smallest absolute Gasteiger partial charge is 0.228 e. The van der Waals surface area contributed by atoms with E-state index in [1.165, 1.54) is 30.6 Å². The van der Waals surface area contributed by atoms with Crippen LogP contribution in [0.3, 0.4) is 0 Å². The second-order valence-electron chi connectivity index (χ2n) is 3.86. The number of hydrogen-bond donors (Lipinski definition) is 0. The highest BCUT2D eigenvalue weighted by Gasteiger charge is 2.14. The number of hydrogen-bond acceptors (Lipinski definition) is 3. The Labute approximate surface area is 102 Å². The minimum Gasteiger partial charge on any atom is -0.453 e. The van der Waals surface area contributed by atoms with Crippen LogP contribution in [0.15, 0.2) is 53.2 Å². The molecule has 0 aliphatic rings. The molecule has 3 rings (SSSR count). The molecule has 1 aromatic carbocycles. The molecule has 2 aromatic heterocycles. The lowest BCUT2D eigenvalue weighted by Gasteiger charge is -1.95. The Morgan fingerprint density at radius 2 is 1.89 bits per heavy atom. The van der Waals surface area contributed by atoms with Crippen LogP contribution in [-0.2, 0) is 0 Å². The quantitative estimate of drug-likeness (QED) is 0.647. The Morgan fingerprint density at radius 1 is 1.11 bits per heavy atom. The molecule has 88 valence electrons. The highest BCUT2D eigenvalue weighted by molar-refractivity contribution is 6.08. The van der Waals surface area contributed by atoms with E-state index in [0.717, 1.165) is 0 Å². The summed E-state index contributed by atoms with van der Waals surface area (Å²) in [6, 6.07) is 8.90. The number of pyridine rings is 1. The number of halogens is 1. The first-order valence-corrected chi connectivity index (χ1v) is 5.38. The lowest BCUT2D eigenvalue weighted by atomic mass is 10.1. The van der Waals surface area contributed by atoms with Gasteiger partial charge < -0.3 is 4.42 Å². The van der Waals surface area contributed by atoms with Gasteiger partial charge in [-0.15, -0.1) is 0 Å². The molecule has 0 unspecified atom stereocenters. The zero-order valence-corrected chi connectivity index (χ0v) is 9.26. The molecule has 3 aromatic rings. The molecule has 0 aliphatic heterocycles. The second kappa shape index (κ2) is 4.07. The summed E-state index contributed by atoms with van der Waals surface area (Å²) in [4.78, 5) is 15.9. The number of ketones is 1. The van der Waals surface area contributed by atoms with Crippen LogP contribution in [0, 0.1) is 5.82 Å². The minimum absolute atomic E-state index is 0.196. The summed E-state index contributed by atoms with van der Waals surface area (Å²) in [5, 5.41) is 0.576. The molecule has 0 bridgehead atoms. The van der Waals surface area contributed by atoms with Crippen molar-refractivity contribution in [2.75, 3.05) is 0 Å². The number of nitrogens with zero attached hydrogens (tertiary/aromatic N) is 1. The number of carbonyl (C=O) groups excluding carboxylic acids is 1. The van der Waals surface area contributed by atoms with Crippen molar-refractivity contribution in [3.05, 3.63) is 65.9 Å². The van der Waals surface area contributed by atoms with Crippen molar-refractivity contribution < 1.29 is 13.6 Å². The van der Waals surface area contributed by atoms with Gasteiger partial charge in [0.1, 0.15) is 11.4 Å². The van der Waals surface area contributed by atoms with Crippen LogP contribution in [0.25, 0.3) is 11.0 Å². The molecule has 0 radical (unpaired) electrons. The van der Waals surface area contributed by atoms with Crippen LogP contribution >= 0.6 is 0 Å². The van der Waals surface area contributed by atoms with E-state index in [4.69, 9.17) is 4.42 Å². The van der Waals surface area contributed by atoms with Crippen LogP contribution in [0.1, 0.15) is 16.1 Å². The number of fused-ring (bicyclic) bond motifs is 1. The molecule has 0 atom stereocenters. The van der Waals surface area contributed by atoms with Gasteiger partial charge in [-0.05, 0) is 36.4 Å². The molecule has 18 heavy (non-hydrogen) atoms. The Morgan fingerprint density at radius 3 is 2.67 bits per heavy atom. The summed E-state index contributed by atoms with van der Waals surface area (Å²) in [6.07, 6.45) is 3.07. The average molecular weight is 241 g/mol. The maximum Gasteiger partial charge on any atom is 0.228 e. The standard InChI is InChI=1S/C14H8FNO2/c15-11-1-2-12-10(7-11)8-13(18-12)14(17)9-3-5-16-6-4-9/h1-8H. The SMILES string of the molecule is O=C(c1ccncc1)c1cc2cc(F)ccc2o1. The normalized spacial score (nSPS) is 10.7. The molecular formula is C14H8FNO2. The van der Waals surface area contributed by atoms with Crippen molar-refractivity contribution in [3.63, 3.8) is 0 Å². The minimum atomic E-state index is -0.355. The summed E-state index contributed by atoms with van der Waals surface area (Å²) in [5.41, 5.74) is 0.985. The summed E-state index contributed by atoms with van der Waals surface area (Å²) < 4.78 is 18.4. The van der Waals surface area contributed by atoms with Crippen LogP contribution in [0.4, 0.5) is 4.39 Å². The zero-order valence-electron chi connectivity index (χ0n) is 9.26. The van der Waals surface area contributed by atoms with E-state index in [1.54, 1.807) is 18.2 Å². The third kappa shape index (κ3) is 1.78. The van der Waals surface area contributed by atoms with Crippen molar-refractivity contribution in [3.8, 4) is 0 Å². The van der Waals surface area contributed by atoms with Gasteiger partial charge in [-0.25, -0.2) is 4.39 Å². The van der Waals surface area contributed by atoms with E-state index in [-0.39, 0.29) is 17.4 Å². The average Bonchev–Trinajstić information content (AvgIpc) is 2.81. The van der Waals surface area contributed by atoms with E-state index in [0.29, 0.717) is 16.5 Å². The van der Waals surface area contributed by atoms with Crippen molar-refractivity contribution in [1.82, 2.24) is 4.98 Å². The monoisotopic (exact) mass is 241 g/mol. The van der Waals surface area contributed by atoms with Gasteiger partial charge in [-0.1, -0.05) is 0 Å². The summed E-state index contributed by atoms with van der Waals surface area (Å²) in [6.45, 7) is 0. The Hall–Kier alpha value is -2.49. The number of rotatable bonds is 2. The van der Waals surface area contributed by atoms with E-state index in [9.17, 15) is 9.18 Å². The molecular weight excluding hydrogens is 233 g/mol. The highest BCUT2D eigenvalue weighted by Crippen LogP contribution is 2.22. The molecule has 4 heteroatoms. The number of benzene rings is 1. The molecule has 3 nitrogen and oxygen atoms in total. The van der Waals surface area contributed by atoms with Gasteiger partial charge in [0, 0.05) is 23.3 Å². The van der Waals surface area contributed by atoms with Gasteiger partial charge in [0.2, 0.25) is 5.78 Å². The first kappa shape index (κ1) is 10.7. The predicted molar refractivity (Wildman–Crippen MR) is 63.8 cm³/mol. The lowest BCUT2D eigenvalue weighted by Crippen LogP contribution is -1.98. The van der Waals surface area contributed by atoms with Gasteiger partial charge >= 0.3 is 0 Å². The van der Waals surface area contributed by atoms with Gasteiger partial charge in [-0.2, -0.15) is 0 Å². The summed E-state index contributed by atoms with van der Waals surface area (Å²) in [7, 11) is 0. The lowest BCUT2D eigenvalue weighted by molar-refractivity contribution is 0.101. The molecule has 2 heterocycles. The fraction of sp³-hybridized carbons (Fsp3) is 0. The maximum atomic E-state index is 13.0. The third-order valence-electron chi connectivity index (χ3n) is 2.64. The van der Waals surface area contributed by atoms with Gasteiger partial charge in [0.05, 0.1) is 0 Å². The molecule has 0 amide bonds. The van der Waals surface area contributed by atoms with Crippen molar-refractivity contribution >= 4 is 16.8 Å². The molecule has 0 fully saturated rings. The molecule has 0 spiro atoms. The van der Waals surface area contributed by atoms with Crippen LogP contribution in [-0.4, -0.2) is 10.8 Å². The topological polar surface area (TPSA) is 43.1 Å². The molecule has 0 aliphatic carbocycles. The third-order valence-corrected chi connectivity index (χ3v) is 2.64. The van der Waals surface area contributed by atoms with Gasteiger partial charge in [0.25, 0.3) is 0 Å². The Bertz CT molecular complexity index is 719.